The minimum atomic E-state index is -0.373. The van der Waals surface area contributed by atoms with E-state index in [0.29, 0.717) is 11.1 Å². The van der Waals surface area contributed by atoms with Crippen LogP contribution in [0, 0.1) is 0 Å². The number of carbonyl (C=O) groups is 1. The van der Waals surface area contributed by atoms with E-state index < -0.39 is 0 Å². The summed E-state index contributed by atoms with van der Waals surface area (Å²) < 4.78 is 15.0. The van der Waals surface area contributed by atoms with E-state index in [1.165, 1.54) is 11.5 Å². The van der Waals surface area contributed by atoms with Gasteiger partial charge in [0.15, 0.2) is 0 Å². The zero-order valence-electron chi connectivity index (χ0n) is 11.3. The maximum absolute atomic E-state index is 12.2. The van der Waals surface area contributed by atoms with Crippen molar-refractivity contribution in [2.24, 2.45) is 0 Å². The fourth-order valence-corrected chi connectivity index (χ4v) is 2.58. The van der Waals surface area contributed by atoms with Crippen LogP contribution < -0.4 is 4.74 Å². The maximum atomic E-state index is 12.2. The van der Waals surface area contributed by atoms with Gasteiger partial charge in [-0.2, -0.15) is 0 Å². The number of hydrogen-bond acceptors (Lipinski definition) is 6. The highest BCUT2D eigenvalue weighted by Crippen LogP contribution is 2.21. The number of carbonyl (C=O) groups excluding carboxylic acids is 1. The number of aromatic nitrogens is 2. The second-order valence-electron chi connectivity index (χ2n) is 4.35. The van der Waals surface area contributed by atoms with Gasteiger partial charge in [0.1, 0.15) is 17.9 Å². The summed E-state index contributed by atoms with van der Waals surface area (Å²) in [6.07, 6.45) is 0. The molecule has 0 aliphatic heterocycles. The lowest BCUT2D eigenvalue weighted by Gasteiger charge is -2.06. The number of benzene rings is 2. The first kappa shape index (κ1) is 13.5. The Labute approximate surface area is 125 Å². The fourth-order valence-electron chi connectivity index (χ4n) is 1.91. The zero-order valence-corrected chi connectivity index (χ0v) is 12.1. The topological polar surface area (TPSA) is 61.3 Å². The maximum Gasteiger partial charge on any atom is 0.340 e. The molecule has 0 unspecified atom stereocenters. The van der Waals surface area contributed by atoms with Gasteiger partial charge >= 0.3 is 5.97 Å². The Bertz CT molecular complexity index is 768. The standard InChI is InChI=1S/C15H12N2O3S/c1-19-11-7-5-10(6-8-11)9-20-15(18)12-3-2-4-13-14(12)21-17-16-13/h2-8H,9H2,1H3. The lowest BCUT2D eigenvalue weighted by molar-refractivity contribution is 0.0475. The number of hydrogen-bond donors (Lipinski definition) is 0. The largest absolute Gasteiger partial charge is 0.497 e. The molecule has 106 valence electrons. The van der Waals surface area contributed by atoms with E-state index in [9.17, 15) is 4.79 Å². The molecule has 2 aromatic carbocycles. The van der Waals surface area contributed by atoms with Crippen LogP contribution in [0.25, 0.3) is 10.2 Å². The third kappa shape index (κ3) is 2.85. The number of ether oxygens (including phenoxy) is 2. The van der Waals surface area contributed by atoms with E-state index in [2.05, 4.69) is 9.59 Å². The Morgan fingerprint density at radius 2 is 2.00 bits per heavy atom. The lowest BCUT2D eigenvalue weighted by Crippen LogP contribution is -2.05. The van der Waals surface area contributed by atoms with Crippen molar-refractivity contribution in [2.75, 3.05) is 7.11 Å². The molecule has 0 saturated heterocycles. The summed E-state index contributed by atoms with van der Waals surface area (Å²) in [7, 11) is 1.61. The first-order chi connectivity index (χ1) is 10.3. The lowest BCUT2D eigenvalue weighted by atomic mass is 10.2. The van der Waals surface area contributed by atoms with Gasteiger partial charge in [0.2, 0.25) is 0 Å². The summed E-state index contributed by atoms with van der Waals surface area (Å²) >= 11 is 1.19. The van der Waals surface area contributed by atoms with Gasteiger partial charge in [-0.25, -0.2) is 4.79 Å². The van der Waals surface area contributed by atoms with Gasteiger partial charge in [-0.05, 0) is 41.4 Å². The number of esters is 1. The molecule has 21 heavy (non-hydrogen) atoms. The minimum Gasteiger partial charge on any atom is -0.497 e. The number of nitrogens with zero attached hydrogens (tertiary/aromatic N) is 2. The minimum absolute atomic E-state index is 0.214. The molecule has 0 bridgehead atoms. The van der Waals surface area contributed by atoms with E-state index in [0.717, 1.165) is 16.0 Å². The second kappa shape index (κ2) is 5.88. The summed E-state index contributed by atoms with van der Waals surface area (Å²) in [4.78, 5) is 12.2. The van der Waals surface area contributed by atoms with E-state index in [-0.39, 0.29) is 12.6 Å². The Balaban J connectivity index is 1.72. The van der Waals surface area contributed by atoms with Crippen molar-refractivity contribution in [3.8, 4) is 5.75 Å². The summed E-state index contributed by atoms with van der Waals surface area (Å²) in [5, 5.41) is 3.95. The van der Waals surface area contributed by atoms with Gasteiger partial charge < -0.3 is 9.47 Å². The molecule has 0 N–H and O–H groups in total. The van der Waals surface area contributed by atoms with Crippen molar-refractivity contribution in [1.29, 1.82) is 0 Å². The molecule has 0 radical (unpaired) electrons. The van der Waals surface area contributed by atoms with Crippen LogP contribution >= 0.6 is 11.5 Å². The van der Waals surface area contributed by atoms with Gasteiger partial charge in [-0.1, -0.05) is 22.7 Å². The molecule has 3 rings (SSSR count). The third-order valence-electron chi connectivity index (χ3n) is 3.02. The third-order valence-corrected chi connectivity index (χ3v) is 3.80. The summed E-state index contributed by atoms with van der Waals surface area (Å²) in [6, 6.07) is 12.7. The van der Waals surface area contributed by atoms with E-state index in [4.69, 9.17) is 9.47 Å². The predicted molar refractivity (Wildman–Crippen MR) is 79.5 cm³/mol. The molecule has 5 nitrogen and oxygen atoms in total. The van der Waals surface area contributed by atoms with Crippen LogP contribution in [0.15, 0.2) is 42.5 Å². The first-order valence-electron chi connectivity index (χ1n) is 6.29. The monoisotopic (exact) mass is 300 g/mol. The van der Waals surface area contributed by atoms with Gasteiger partial charge in [-0.15, -0.1) is 5.10 Å². The molecule has 0 amide bonds. The molecule has 1 aromatic heterocycles. The van der Waals surface area contributed by atoms with Crippen LogP contribution in [0.4, 0.5) is 0 Å². The molecule has 1 heterocycles. The number of rotatable bonds is 4. The summed E-state index contributed by atoms with van der Waals surface area (Å²) in [5.41, 5.74) is 2.11. The van der Waals surface area contributed by atoms with Crippen LogP contribution in [-0.4, -0.2) is 22.7 Å². The Morgan fingerprint density at radius 1 is 1.19 bits per heavy atom. The van der Waals surface area contributed by atoms with E-state index >= 15 is 0 Å². The average Bonchev–Trinajstić information content (AvgIpc) is 3.01. The number of methoxy groups -OCH3 is 1. The Hall–Kier alpha value is -2.47. The highest BCUT2D eigenvalue weighted by atomic mass is 32.1. The first-order valence-corrected chi connectivity index (χ1v) is 7.06. The molecule has 0 spiro atoms. The van der Waals surface area contributed by atoms with Crippen molar-refractivity contribution >= 4 is 27.7 Å². The highest BCUT2D eigenvalue weighted by molar-refractivity contribution is 7.13. The van der Waals surface area contributed by atoms with Crippen LogP contribution in [0.2, 0.25) is 0 Å². The molecule has 0 aliphatic carbocycles. The molecule has 0 aliphatic rings. The molecule has 3 aromatic rings. The predicted octanol–water partition coefficient (Wildman–Crippen LogP) is 3.06. The van der Waals surface area contributed by atoms with Gasteiger partial charge in [0.05, 0.1) is 17.4 Å². The zero-order chi connectivity index (χ0) is 14.7. The van der Waals surface area contributed by atoms with E-state index in [1.807, 2.05) is 30.3 Å². The van der Waals surface area contributed by atoms with Crippen LogP contribution in [0.3, 0.4) is 0 Å². The van der Waals surface area contributed by atoms with Gasteiger partial charge in [-0.3, -0.25) is 0 Å². The SMILES string of the molecule is COc1ccc(COC(=O)c2cccc3nnsc23)cc1. The van der Waals surface area contributed by atoms with E-state index in [1.54, 1.807) is 19.2 Å². The van der Waals surface area contributed by atoms with Crippen LogP contribution in [0.1, 0.15) is 15.9 Å². The average molecular weight is 300 g/mol. The van der Waals surface area contributed by atoms with Crippen molar-refractivity contribution in [3.63, 3.8) is 0 Å². The van der Waals surface area contributed by atoms with Gasteiger partial charge in [0, 0.05) is 0 Å². The molecule has 0 fully saturated rings. The fraction of sp³-hybridized carbons (Fsp3) is 0.133. The quantitative estimate of drug-likeness (QED) is 0.693. The molecular formula is C15H12N2O3S. The van der Waals surface area contributed by atoms with Crippen molar-refractivity contribution < 1.29 is 14.3 Å². The van der Waals surface area contributed by atoms with Crippen molar-refractivity contribution in [3.05, 3.63) is 53.6 Å². The Morgan fingerprint density at radius 3 is 2.76 bits per heavy atom. The molecular weight excluding hydrogens is 288 g/mol. The second-order valence-corrected chi connectivity index (χ2v) is 5.11. The van der Waals surface area contributed by atoms with Crippen molar-refractivity contribution in [2.45, 2.75) is 6.61 Å². The van der Waals surface area contributed by atoms with Crippen molar-refractivity contribution in [1.82, 2.24) is 9.59 Å². The number of fused-ring (bicyclic) bond motifs is 1. The molecule has 0 atom stereocenters. The Kier molecular flexibility index (Phi) is 3.79. The summed E-state index contributed by atoms with van der Waals surface area (Å²) in [6.45, 7) is 0.214. The molecule has 0 saturated carbocycles. The summed E-state index contributed by atoms with van der Waals surface area (Å²) in [5.74, 6) is 0.396. The smallest absolute Gasteiger partial charge is 0.340 e. The van der Waals surface area contributed by atoms with Gasteiger partial charge in [0.25, 0.3) is 0 Å². The van der Waals surface area contributed by atoms with Crippen LogP contribution in [-0.2, 0) is 11.3 Å². The van der Waals surface area contributed by atoms with Crippen LogP contribution in [0.5, 0.6) is 5.75 Å². The highest BCUT2D eigenvalue weighted by Gasteiger charge is 2.13. The molecule has 6 heteroatoms. The normalized spacial score (nSPS) is 10.5.